The number of hydrazine groups is 1. The number of amides is 1. The molecule has 0 radical (unpaired) electrons. The van der Waals surface area contributed by atoms with Crippen LogP contribution in [-0.4, -0.2) is 28.6 Å². The molecule has 1 aliphatic rings. The Balaban J connectivity index is 1.65. The van der Waals surface area contributed by atoms with Crippen molar-refractivity contribution in [2.45, 2.75) is 38.1 Å². The molecule has 1 saturated carbocycles. The lowest BCUT2D eigenvalue weighted by atomic mass is 9.96. The lowest BCUT2D eigenvalue weighted by Gasteiger charge is -2.24. The Labute approximate surface area is 145 Å². The molecule has 1 aliphatic carbocycles. The van der Waals surface area contributed by atoms with Crippen molar-refractivity contribution < 1.29 is 14.5 Å². The molecule has 0 aliphatic heterocycles. The number of thiocarbonyl (C=S) groups is 1. The second-order valence-electron chi connectivity index (χ2n) is 5.52. The first-order chi connectivity index (χ1) is 11.5. The van der Waals surface area contributed by atoms with Crippen molar-refractivity contribution in [1.82, 2.24) is 16.2 Å². The highest BCUT2D eigenvalue weighted by Crippen LogP contribution is 2.17. The van der Waals surface area contributed by atoms with Crippen molar-refractivity contribution in [2.24, 2.45) is 0 Å². The van der Waals surface area contributed by atoms with Gasteiger partial charge >= 0.3 is 0 Å². The zero-order chi connectivity index (χ0) is 17.4. The number of hydrogen-bond acceptors (Lipinski definition) is 5. The average molecular weight is 352 g/mol. The van der Waals surface area contributed by atoms with Crippen LogP contribution >= 0.6 is 12.2 Å². The highest BCUT2D eigenvalue weighted by molar-refractivity contribution is 7.80. The van der Waals surface area contributed by atoms with E-state index in [0.717, 1.165) is 12.8 Å². The van der Waals surface area contributed by atoms with Gasteiger partial charge in [0.25, 0.3) is 11.6 Å². The lowest BCUT2D eigenvalue weighted by molar-refractivity contribution is -0.384. The number of rotatable bonds is 5. The first-order valence-electron chi connectivity index (χ1n) is 7.77. The van der Waals surface area contributed by atoms with E-state index < -0.39 is 10.8 Å². The summed E-state index contributed by atoms with van der Waals surface area (Å²) in [6, 6.07) is 5.86. The summed E-state index contributed by atoms with van der Waals surface area (Å²) in [5, 5.41) is 14.1. The summed E-state index contributed by atoms with van der Waals surface area (Å²) in [4.78, 5) is 21.7. The molecule has 8 nitrogen and oxygen atoms in total. The Bertz CT molecular complexity index is 588. The number of hydrogen-bond donors (Lipinski definition) is 3. The van der Waals surface area contributed by atoms with Crippen LogP contribution in [0.4, 0.5) is 5.69 Å². The molecular formula is C15H20N4O4S. The molecular weight excluding hydrogens is 332 g/mol. The quantitative estimate of drug-likeness (QED) is 0.421. The molecule has 9 heteroatoms. The number of non-ortho nitro benzene ring substituents is 1. The zero-order valence-electron chi connectivity index (χ0n) is 13.1. The Morgan fingerprint density at radius 3 is 2.50 bits per heavy atom. The van der Waals surface area contributed by atoms with Gasteiger partial charge in [-0.1, -0.05) is 19.3 Å². The predicted octanol–water partition coefficient (Wildman–Crippen LogP) is 1.80. The maximum Gasteiger partial charge on any atom is 0.276 e. The first-order valence-corrected chi connectivity index (χ1v) is 8.18. The molecule has 1 fully saturated rings. The highest BCUT2D eigenvalue weighted by Gasteiger charge is 2.14. The van der Waals surface area contributed by atoms with E-state index in [1.165, 1.54) is 43.5 Å². The fourth-order valence-electron chi connectivity index (χ4n) is 2.44. The molecule has 0 atom stereocenters. The van der Waals surface area contributed by atoms with Crippen molar-refractivity contribution in [3.63, 3.8) is 0 Å². The van der Waals surface area contributed by atoms with E-state index in [0.29, 0.717) is 16.9 Å². The van der Waals surface area contributed by atoms with E-state index >= 15 is 0 Å². The standard InChI is InChI=1S/C15H20N4O4S/c20-14(10-23-13-8-6-12(7-9-13)19(21)22)17-18-15(24)16-11-4-2-1-3-5-11/h6-9,11H,1-5,10H2,(H,17,20)(H2,16,18,24). The Kier molecular flexibility index (Phi) is 6.74. The summed E-state index contributed by atoms with van der Waals surface area (Å²) >= 11 is 5.13. The van der Waals surface area contributed by atoms with E-state index in [1.807, 2.05) is 0 Å². The number of nitrogens with one attached hydrogen (secondary N) is 3. The van der Waals surface area contributed by atoms with E-state index in [9.17, 15) is 14.9 Å². The molecule has 130 valence electrons. The number of ether oxygens (including phenoxy) is 1. The largest absolute Gasteiger partial charge is 0.484 e. The first kappa shape index (κ1) is 17.9. The number of carbonyl (C=O) groups excluding carboxylic acids is 1. The second-order valence-corrected chi connectivity index (χ2v) is 5.93. The van der Waals surface area contributed by atoms with Crippen molar-refractivity contribution in [3.8, 4) is 5.75 Å². The smallest absolute Gasteiger partial charge is 0.276 e. The third-order valence-corrected chi connectivity index (χ3v) is 3.89. The molecule has 1 amide bonds. The van der Waals surface area contributed by atoms with Crippen LogP contribution in [0.15, 0.2) is 24.3 Å². The third-order valence-electron chi connectivity index (χ3n) is 3.67. The molecule has 0 bridgehead atoms. The molecule has 24 heavy (non-hydrogen) atoms. The fourth-order valence-corrected chi connectivity index (χ4v) is 2.66. The van der Waals surface area contributed by atoms with Gasteiger partial charge in [0.05, 0.1) is 4.92 Å². The van der Waals surface area contributed by atoms with E-state index in [4.69, 9.17) is 17.0 Å². The molecule has 0 spiro atoms. The van der Waals surface area contributed by atoms with Crippen molar-refractivity contribution in [2.75, 3.05) is 6.61 Å². The average Bonchev–Trinajstić information content (AvgIpc) is 2.59. The topological polar surface area (TPSA) is 106 Å². The van der Waals surface area contributed by atoms with E-state index in [2.05, 4.69) is 16.2 Å². The number of carbonyl (C=O) groups is 1. The van der Waals surface area contributed by atoms with Crippen LogP contribution in [0.2, 0.25) is 0 Å². The summed E-state index contributed by atoms with van der Waals surface area (Å²) in [6.07, 6.45) is 5.80. The zero-order valence-corrected chi connectivity index (χ0v) is 13.9. The maximum absolute atomic E-state index is 11.7. The SMILES string of the molecule is O=C(COc1ccc([N+](=O)[O-])cc1)NNC(=S)NC1CCCCC1. The predicted molar refractivity (Wildman–Crippen MR) is 92.5 cm³/mol. The maximum atomic E-state index is 11.7. The summed E-state index contributed by atoms with van der Waals surface area (Å²) in [7, 11) is 0. The Morgan fingerprint density at radius 1 is 1.21 bits per heavy atom. The molecule has 3 N–H and O–H groups in total. The Hall–Kier alpha value is -2.42. The molecule has 1 aromatic carbocycles. The highest BCUT2D eigenvalue weighted by atomic mass is 32.1. The molecule has 0 saturated heterocycles. The summed E-state index contributed by atoms with van der Waals surface area (Å²) < 4.78 is 5.25. The number of benzene rings is 1. The second kappa shape index (κ2) is 9.02. The normalized spacial score (nSPS) is 14.5. The van der Waals surface area contributed by atoms with Gasteiger partial charge in [-0.3, -0.25) is 25.8 Å². The van der Waals surface area contributed by atoms with Gasteiger partial charge in [0, 0.05) is 18.2 Å². The minimum atomic E-state index is -0.499. The molecule has 0 aromatic heterocycles. The van der Waals surface area contributed by atoms with Gasteiger partial charge in [-0.05, 0) is 37.2 Å². The van der Waals surface area contributed by atoms with E-state index in [1.54, 1.807) is 0 Å². The van der Waals surface area contributed by atoms with Crippen LogP contribution in [0.5, 0.6) is 5.75 Å². The van der Waals surface area contributed by atoms with Crippen molar-refractivity contribution in [3.05, 3.63) is 34.4 Å². The van der Waals surface area contributed by atoms with Crippen molar-refractivity contribution >= 4 is 28.9 Å². The van der Waals surface area contributed by atoms with Crippen LogP contribution in [0.3, 0.4) is 0 Å². The van der Waals surface area contributed by atoms with E-state index in [-0.39, 0.29) is 12.3 Å². The molecule has 0 unspecified atom stereocenters. The van der Waals surface area contributed by atoms with Gasteiger partial charge in [0.15, 0.2) is 11.7 Å². The van der Waals surface area contributed by atoms with Crippen LogP contribution in [-0.2, 0) is 4.79 Å². The van der Waals surface area contributed by atoms with Crippen LogP contribution in [0.25, 0.3) is 0 Å². The van der Waals surface area contributed by atoms with Crippen molar-refractivity contribution in [1.29, 1.82) is 0 Å². The number of nitro benzene ring substituents is 1. The number of nitrogens with zero attached hydrogens (tertiary/aromatic N) is 1. The van der Waals surface area contributed by atoms with Gasteiger partial charge in [0.2, 0.25) is 0 Å². The summed E-state index contributed by atoms with van der Waals surface area (Å²) in [5.41, 5.74) is 5.05. The summed E-state index contributed by atoms with van der Waals surface area (Å²) in [5.74, 6) is -0.0280. The molecule has 2 rings (SSSR count). The van der Waals surface area contributed by atoms with Crippen LogP contribution in [0.1, 0.15) is 32.1 Å². The monoisotopic (exact) mass is 352 g/mol. The van der Waals surface area contributed by atoms with Gasteiger partial charge < -0.3 is 10.1 Å². The fraction of sp³-hybridized carbons (Fsp3) is 0.467. The van der Waals surface area contributed by atoms with Crippen LogP contribution in [0, 0.1) is 10.1 Å². The molecule has 0 heterocycles. The molecule has 1 aromatic rings. The number of nitro groups is 1. The lowest BCUT2D eigenvalue weighted by Crippen LogP contribution is -2.51. The van der Waals surface area contributed by atoms with Crippen LogP contribution < -0.4 is 20.9 Å². The van der Waals surface area contributed by atoms with Gasteiger partial charge in [-0.25, -0.2) is 0 Å². The van der Waals surface area contributed by atoms with Gasteiger partial charge in [0.1, 0.15) is 5.75 Å². The minimum Gasteiger partial charge on any atom is -0.484 e. The van der Waals surface area contributed by atoms with Gasteiger partial charge in [-0.2, -0.15) is 0 Å². The summed E-state index contributed by atoms with van der Waals surface area (Å²) in [6.45, 7) is -0.225. The third kappa shape index (κ3) is 5.99. The Morgan fingerprint density at radius 2 is 1.88 bits per heavy atom. The minimum absolute atomic E-state index is 0.0346. The van der Waals surface area contributed by atoms with Gasteiger partial charge in [-0.15, -0.1) is 0 Å².